The third kappa shape index (κ3) is 3.30. The van der Waals surface area contributed by atoms with Gasteiger partial charge in [0.1, 0.15) is 5.82 Å². The molecule has 102 valence electrons. The molecule has 0 aliphatic rings. The summed E-state index contributed by atoms with van der Waals surface area (Å²) in [5.41, 5.74) is 1.54. The standard InChI is InChI=1S/C15H24FNO/c1-6-15(4,18-5)14(17-7-2)12-8-11(3)9-13(16)10-12/h8-10,14,17H,6-7H2,1-5H3. The van der Waals surface area contributed by atoms with Gasteiger partial charge in [-0.3, -0.25) is 0 Å². The van der Waals surface area contributed by atoms with Gasteiger partial charge in [0, 0.05) is 7.11 Å². The number of hydrogen-bond donors (Lipinski definition) is 1. The fourth-order valence-corrected chi connectivity index (χ4v) is 2.29. The van der Waals surface area contributed by atoms with Gasteiger partial charge in [-0.25, -0.2) is 4.39 Å². The van der Waals surface area contributed by atoms with E-state index in [0.717, 1.165) is 24.1 Å². The molecule has 18 heavy (non-hydrogen) atoms. The number of ether oxygens (including phenoxy) is 1. The van der Waals surface area contributed by atoms with Crippen molar-refractivity contribution in [1.29, 1.82) is 0 Å². The summed E-state index contributed by atoms with van der Waals surface area (Å²) in [4.78, 5) is 0. The second kappa shape index (κ2) is 6.30. The smallest absolute Gasteiger partial charge is 0.123 e. The number of aryl methyl sites for hydroxylation is 1. The van der Waals surface area contributed by atoms with Gasteiger partial charge in [-0.2, -0.15) is 0 Å². The summed E-state index contributed by atoms with van der Waals surface area (Å²) in [5, 5.41) is 3.40. The molecule has 0 heterocycles. The van der Waals surface area contributed by atoms with Crippen LogP contribution in [0.4, 0.5) is 4.39 Å². The van der Waals surface area contributed by atoms with Gasteiger partial charge in [0.15, 0.2) is 0 Å². The first kappa shape index (κ1) is 15.1. The van der Waals surface area contributed by atoms with Crippen molar-refractivity contribution in [3.8, 4) is 0 Å². The summed E-state index contributed by atoms with van der Waals surface area (Å²) in [6.07, 6.45) is 0.858. The lowest BCUT2D eigenvalue weighted by Crippen LogP contribution is -2.42. The van der Waals surface area contributed by atoms with Crippen molar-refractivity contribution < 1.29 is 9.13 Å². The number of nitrogens with one attached hydrogen (secondary N) is 1. The highest BCUT2D eigenvalue weighted by Crippen LogP contribution is 2.32. The third-order valence-corrected chi connectivity index (χ3v) is 3.59. The number of likely N-dealkylation sites (N-methyl/N-ethyl adjacent to an activating group) is 1. The highest BCUT2D eigenvalue weighted by molar-refractivity contribution is 5.28. The molecule has 1 aromatic carbocycles. The molecule has 0 spiro atoms. The van der Waals surface area contributed by atoms with Crippen LogP contribution < -0.4 is 5.32 Å². The second-order valence-electron chi connectivity index (χ2n) is 4.92. The van der Waals surface area contributed by atoms with Crippen LogP contribution in [0.2, 0.25) is 0 Å². The van der Waals surface area contributed by atoms with Crippen LogP contribution in [0, 0.1) is 12.7 Å². The molecule has 0 amide bonds. The van der Waals surface area contributed by atoms with Crippen molar-refractivity contribution in [1.82, 2.24) is 5.32 Å². The SMILES string of the molecule is CCNC(c1cc(C)cc(F)c1)C(C)(CC)OC. The number of benzene rings is 1. The van der Waals surface area contributed by atoms with Crippen LogP contribution in [0.25, 0.3) is 0 Å². The van der Waals surface area contributed by atoms with E-state index in [0.29, 0.717) is 0 Å². The van der Waals surface area contributed by atoms with Crippen LogP contribution in [0.1, 0.15) is 44.4 Å². The molecule has 1 N–H and O–H groups in total. The van der Waals surface area contributed by atoms with Gasteiger partial charge in [0.2, 0.25) is 0 Å². The Morgan fingerprint density at radius 1 is 1.33 bits per heavy atom. The summed E-state index contributed by atoms with van der Waals surface area (Å²) in [6.45, 7) is 8.91. The predicted octanol–water partition coefficient (Wildman–Crippen LogP) is 3.60. The lowest BCUT2D eigenvalue weighted by Gasteiger charge is -2.36. The van der Waals surface area contributed by atoms with E-state index in [-0.39, 0.29) is 17.5 Å². The number of halogens is 1. The van der Waals surface area contributed by atoms with E-state index in [1.54, 1.807) is 19.2 Å². The van der Waals surface area contributed by atoms with Crippen molar-refractivity contribution in [2.75, 3.05) is 13.7 Å². The molecule has 2 nitrogen and oxygen atoms in total. The fraction of sp³-hybridized carbons (Fsp3) is 0.600. The maximum Gasteiger partial charge on any atom is 0.123 e. The Labute approximate surface area is 110 Å². The summed E-state index contributed by atoms with van der Waals surface area (Å²) in [7, 11) is 1.71. The third-order valence-electron chi connectivity index (χ3n) is 3.59. The van der Waals surface area contributed by atoms with Gasteiger partial charge in [-0.15, -0.1) is 0 Å². The number of rotatable bonds is 6. The van der Waals surface area contributed by atoms with Crippen LogP contribution in [-0.2, 0) is 4.74 Å². The summed E-state index contributed by atoms with van der Waals surface area (Å²) in [6, 6.07) is 5.14. The molecule has 2 unspecified atom stereocenters. The van der Waals surface area contributed by atoms with Crippen LogP contribution in [0.15, 0.2) is 18.2 Å². The average Bonchev–Trinajstić information content (AvgIpc) is 2.33. The molecule has 0 aliphatic carbocycles. The largest absolute Gasteiger partial charge is 0.377 e. The minimum absolute atomic E-state index is 0.00750. The van der Waals surface area contributed by atoms with Gasteiger partial charge in [0.05, 0.1) is 11.6 Å². The molecule has 2 atom stereocenters. The quantitative estimate of drug-likeness (QED) is 0.836. The first-order valence-electron chi connectivity index (χ1n) is 6.52. The van der Waals surface area contributed by atoms with E-state index < -0.39 is 0 Å². The molecule has 0 saturated heterocycles. The Morgan fingerprint density at radius 3 is 2.44 bits per heavy atom. The maximum atomic E-state index is 13.6. The zero-order valence-corrected chi connectivity index (χ0v) is 12.0. The molecule has 3 heteroatoms. The van der Waals surface area contributed by atoms with Crippen molar-refractivity contribution in [2.24, 2.45) is 0 Å². The van der Waals surface area contributed by atoms with Crippen LogP contribution >= 0.6 is 0 Å². The van der Waals surface area contributed by atoms with Crippen LogP contribution in [-0.4, -0.2) is 19.3 Å². The fourth-order valence-electron chi connectivity index (χ4n) is 2.29. The lowest BCUT2D eigenvalue weighted by molar-refractivity contribution is -0.0296. The zero-order chi connectivity index (χ0) is 13.8. The minimum Gasteiger partial charge on any atom is -0.377 e. The van der Waals surface area contributed by atoms with Crippen LogP contribution in [0.5, 0.6) is 0 Å². The van der Waals surface area contributed by atoms with E-state index in [1.165, 1.54) is 0 Å². The highest BCUT2D eigenvalue weighted by Gasteiger charge is 2.33. The monoisotopic (exact) mass is 253 g/mol. The van der Waals surface area contributed by atoms with Crippen molar-refractivity contribution >= 4 is 0 Å². The van der Waals surface area contributed by atoms with E-state index >= 15 is 0 Å². The van der Waals surface area contributed by atoms with Gasteiger partial charge >= 0.3 is 0 Å². The molecule has 0 saturated carbocycles. The summed E-state index contributed by atoms with van der Waals surface area (Å²) in [5.74, 6) is -0.192. The molecule has 0 aliphatic heterocycles. The van der Waals surface area contributed by atoms with E-state index in [9.17, 15) is 4.39 Å². The topological polar surface area (TPSA) is 21.3 Å². The molecule has 0 aromatic heterocycles. The molecule has 0 radical (unpaired) electrons. The molecular formula is C15H24FNO. The molecule has 1 aromatic rings. The van der Waals surface area contributed by atoms with Crippen molar-refractivity contribution in [2.45, 2.75) is 45.8 Å². The van der Waals surface area contributed by atoms with Gasteiger partial charge < -0.3 is 10.1 Å². The molecular weight excluding hydrogens is 229 g/mol. The number of methoxy groups -OCH3 is 1. The second-order valence-corrected chi connectivity index (χ2v) is 4.92. The predicted molar refractivity (Wildman–Crippen MR) is 73.3 cm³/mol. The highest BCUT2D eigenvalue weighted by atomic mass is 19.1. The Hall–Kier alpha value is -0.930. The first-order chi connectivity index (χ1) is 8.46. The molecule has 0 fully saturated rings. The summed E-state index contributed by atoms with van der Waals surface area (Å²) < 4.78 is 19.2. The summed E-state index contributed by atoms with van der Waals surface area (Å²) >= 11 is 0. The van der Waals surface area contributed by atoms with Gasteiger partial charge in [-0.05, 0) is 50.1 Å². The minimum atomic E-state index is -0.337. The van der Waals surface area contributed by atoms with Gasteiger partial charge in [0.25, 0.3) is 0 Å². The van der Waals surface area contributed by atoms with Crippen molar-refractivity contribution in [3.63, 3.8) is 0 Å². The molecule has 1 rings (SSSR count). The first-order valence-corrected chi connectivity index (χ1v) is 6.52. The lowest BCUT2D eigenvalue weighted by atomic mass is 9.87. The van der Waals surface area contributed by atoms with E-state index in [2.05, 4.69) is 19.2 Å². The maximum absolute atomic E-state index is 13.6. The Morgan fingerprint density at radius 2 is 2.00 bits per heavy atom. The molecule has 0 bridgehead atoms. The Bertz CT molecular complexity index is 368. The normalized spacial score (nSPS) is 16.3. The van der Waals surface area contributed by atoms with Crippen molar-refractivity contribution in [3.05, 3.63) is 35.1 Å². The Kier molecular flexibility index (Phi) is 5.29. The number of hydrogen-bond acceptors (Lipinski definition) is 2. The average molecular weight is 253 g/mol. The Balaban J connectivity index is 3.18. The van der Waals surface area contributed by atoms with Crippen LogP contribution in [0.3, 0.4) is 0 Å². The van der Waals surface area contributed by atoms with Gasteiger partial charge in [-0.1, -0.05) is 19.9 Å². The van der Waals surface area contributed by atoms with E-state index in [1.807, 2.05) is 19.9 Å². The van der Waals surface area contributed by atoms with E-state index in [4.69, 9.17) is 4.74 Å². The zero-order valence-electron chi connectivity index (χ0n) is 12.0.